The number of benzene rings is 1. The number of hydrogen-bond donors (Lipinski definition) is 1. The lowest BCUT2D eigenvalue weighted by atomic mass is 10.1. The molecule has 1 aromatic carbocycles. The highest BCUT2D eigenvalue weighted by molar-refractivity contribution is 6.00. The monoisotopic (exact) mass is 314 g/mol. The van der Waals surface area contributed by atoms with E-state index in [0.717, 1.165) is 12.1 Å². The quantitative estimate of drug-likeness (QED) is 0.933. The average molecular weight is 314 g/mol. The van der Waals surface area contributed by atoms with Gasteiger partial charge in [0.05, 0.1) is 12.7 Å². The Morgan fingerprint density at radius 2 is 2.17 bits per heavy atom. The molecule has 0 bridgehead atoms. The topological polar surface area (TPSA) is 59.4 Å². The SMILES string of the molecule is COc1ccccc1-c1nn(C)cc1C(=O)N1CCN[C@@H](C)C1. The second kappa shape index (κ2) is 6.42. The van der Waals surface area contributed by atoms with E-state index in [1.165, 1.54) is 0 Å². The Morgan fingerprint density at radius 1 is 1.39 bits per heavy atom. The molecule has 1 aromatic heterocycles. The van der Waals surface area contributed by atoms with Crippen molar-refractivity contribution in [3.63, 3.8) is 0 Å². The fourth-order valence-electron chi connectivity index (χ4n) is 2.97. The first-order valence-corrected chi connectivity index (χ1v) is 7.80. The Morgan fingerprint density at radius 3 is 2.91 bits per heavy atom. The molecule has 0 saturated carbocycles. The fourth-order valence-corrected chi connectivity index (χ4v) is 2.97. The van der Waals surface area contributed by atoms with Crippen molar-refractivity contribution in [3.8, 4) is 17.0 Å². The lowest BCUT2D eigenvalue weighted by Gasteiger charge is -2.31. The van der Waals surface area contributed by atoms with Crippen molar-refractivity contribution in [3.05, 3.63) is 36.0 Å². The number of amides is 1. The van der Waals surface area contributed by atoms with E-state index < -0.39 is 0 Å². The molecule has 1 saturated heterocycles. The maximum atomic E-state index is 13.0. The van der Waals surface area contributed by atoms with Gasteiger partial charge in [-0.25, -0.2) is 0 Å². The molecule has 122 valence electrons. The van der Waals surface area contributed by atoms with E-state index in [9.17, 15) is 4.79 Å². The van der Waals surface area contributed by atoms with Crippen LogP contribution < -0.4 is 10.1 Å². The van der Waals surface area contributed by atoms with E-state index in [1.54, 1.807) is 18.0 Å². The van der Waals surface area contributed by atoms with Crippen molar-refractivity contribution in [2.75, 3.05) is 26.7 Å². The summed E-state index contributed by atoms with van der Waals surface area (Å²) in [6.07, 6.45) is 1.79. The Kier molecular flexibility index (Phi) is 4.34. The number of hydrogen-bond acceptors (Lipinski definition) is 4. The zero-order valence-electron chi connectivity index (χ0n) is 13.7. The van der Waals surface area contributed by atoms with Crippen molar-refractivity contribution in [2.24, 2.45) is 7.05 Å². The first-order chi connectivity index (χ1) is 11.1. The number of nitrogens with one attached hydrogen (secondary N) is 1. The molecule has 0 spiro atoms. The van der Waals surface area contributed by atoms with Gasteiger partial charge in [0.25, 0.3) is 5.91 Å². The Labute approximate surface area is 136 Å². The summed E-state index contributed by atoms with van der Waals surface area (Å²) in [7, 11) is 3.46. The van der Waals surface area contributed by atoms with Crippen molar-refractivity contribution >= 4 is 5.91 Å². The number of methoxy groups -OCH3 is 1. The average Bonchev–Trinajstić information content (AvgIpc) is 2.95. The van der Waals surface area contributed by atoms with Crippen molar-refractivity contribution in [1.29, 1.82) is 0 Å². The number of para-hydroxylation sites is 1. The zero-order chi connectivity index (χ0) is 16.4. The van der Waals surface area contributed by atoms with Crippen LogP contribution in [0, 0.1) is 0 Å². The van der Waals surface area contributed by atoms with Crippen LogP contribution in [0.3, 0.4) is 0 Å². The molecule has 1 amide bonds. The van der Waals surface area contributed by atoms with Gasteiger partial charge in [-0.3, -0.25) is 9.48 Å². The molecule has 1 atom stereocenters. The van der Waals surface area contributed by atoms with Crippen molar-refractivity contribution in [1.82, 2.24) is 20.0 Å². The van der Waals surface area contributed by atoms with Gasteiger partial charge in [0, 0.05) is 44.5 Å². The van der Waals surface area contributed by atoms with Gasteiger partial charge >= 0.3 is 0 Å². The number of piperazine rings is 1. The second-order valence-corrected chi connectivity index (χ2v) is 5.87. The Hall–Kier alpha value is -2.34. The first-order valence-electron chi connectivity index (χ1n) is 7.80. The summed E-state index contributed by atoms with van der Waals surface area (Å²) in [5, 5.41) is 7.85. The van der Waals surface area contributed by atoms with E-state index in [-0.39, 0.29) is 5.91 Å². The van der Waals surface area contributed by atoms with Crippen molar-refractivity contribution < 1.29 is 9.53 Å². The van der Waals surface area contributed by atoms with Gasteiger partial charge in [0.15, 0.2) is 0 Å². The third kappa shape index (κ3) is 3.07. The summed E-state index contributed by atoms with van der Waals surface area (Å²) in [5.74, 6) is 0.737. The number of carbonyl (C=O) groups excluding carboxylic acids is 1. The fraction of sp³-hybridized carbons (Fsp3) is 0.412. The lowest BCUT2D eigenvalue weighted by molar-refractivity contribution is 0.0710. The van der Waals surface area contributed by atoms with Gasteiger partial charge in [-0.1, -0.05) is 12.1 Å². The molecule has 1 aliphatic heterocycles. The maximum Gasteiger partial charge on any atom is 0.257 e. The lowest BCUT2D eigenvalue weighted by Crippen LogP contribution is -2.51. The second-order valence-electron chi connectivity index (χ2n) is 5.87. The highest BCUT2D eigenvalue weighted by Crippen LogP contribution is 2.31. The van der Waals surface area contributed by atoms with Gasteiger partial charge in [0.1, 0.15) is 11.4 Å². The summed E-state index contributed by atoms with van der Waals surface area (Å²) in [5.41, 5.74) is 2.12. The zero-order valence-corrected chi connectivity index (χ0v) is 13.7. The van der Waals surface area contributed by atoms with Crippen LogP contribution >= 0.6 is 0 Å². The van der Waals surface area contributed by atoms with E-state index in [0.29, 0.717) is 36.1 Å². The Bertz CT molecular complexity index is 710. The number of nitrogens with zero attached hydrogens (tertiary/aromatic N) is 3. The number of aromatic nitrogens is 2. The first kappa shape index (κ1) is 15.6. The summed E-state index contributed by atoms with van der Waals surface area (Å²) < 4.78 is 7.10. The number of ether oxygens (including phenoxy) is 1. The highest BCUT2D eigenvalue weighted by atomic mass is 16.5. The molecule has 23 heavy (non-hydrogen) atoms. The van der Waals surface area contributed by atoms with Gasteiger partial charge in [-0.05, 0) is 19.1 Å². The predicted octanol–water partition coefficient (Wildman–Crippen LogP) is 1.53. The molecule has 0 aliphatic carbocycles. The molecule has 2 heterocycles. The summed E-state index contributed by atoms with van der Waals surface area (Å²) in [6, 6.07) is 7.95. The molecule has 1 fully saturated rings. The van der Waals surface area contributed by atoms with E-state index in [4.69, 9.17) is 4.74 Å². The molecule has 6 nitrogen and oxygen atoms in total. The van der Waals surface area contributed by atoms with Crippen LogP contribution in [0.25, 0.3) is 11.3 Å². The largest absolute Gasteiger partial charge is 0.496 e. The summed E-state index contributed by atoms with van der Waals surface area (Å²) in [6.45, 7) is 4.32. The third-order valence-electron chi connectivity index (χ3n) is 4.08. The van der Waals surface area contributed by atoms with Gasteiger partial charge in [-0.15, -0.1) is 0 Å². The molecular formula is C17H22N4O2. The smallest absolute Gasteiger partial charge is 0.257 e. The Balaban J connectivity index is 1.99. The van der Waals surface area contributed by atoms with Gasteiger partial charge < -0.3 is 15.0 Å². The number of carbonyl (C=O) groups is 1. The molecule has 1 N–H and O–H groups in total. The summed E-state index contributed by atoms with van der Waals surface area (Å²) in [4.78, 5) is 14.8. The van der Waals surface area contributed by atoms with Crippen LogP contribution in [0.5, 0.6) is 5.75 Å². The number of aryl methyl sites for hydroxylation is 1. The molecule has 2 aromatic rings. The van der Waals surface area contributed by atoms with Gasteiger partial charge in [-0.2, -0.15) is 5.10 Å². The van der Waals surface area contributed by atoms with Crippen molar-refractivity contribution in [2.45, 2.75) is 13.0 Å². The molecule has 1 aliphatic rings. The minimum atomic E-state index is 0.0207. The molecule has 0 radical (unpaired) electrons. The maximum absolute atomic E-state index is 13.0. The highest BCUT2D eigenvalue weighted by Gasteiger charge is 2.26. The van der Waals surface area contributed by atoms with Crippen LogP contribution in [-0.2, 0) is 7.05 Å². The minimum absolute atomic E-state index is 0.0207. The van der Waals surface area contributed by atoms with Crippen LogP contribution in [0.1, 0.15) is 17.3 Å². The molecule has 3 rings (SSSR count). The van der Waals surface area contributed by atoms with E-state index >= 15 is 0 Å². The van der Waals surface area contributed by atoms with E-state index in [1.807, 2.05) is 36.2 Å². The minimum Gasteiger partial charge on any atom is -0.496 e. The van der Waals surface area contributed by atoms with Gasteiger partial charge in [0.2, 0.25) is 0 Å². The normalized spacial score (nSPS) is 18.0. The van der Waals surface area contributed by atoms with Crippen LogP contribution in [0.15, 0.2) is 30.5 Å². The van der Waals surface area contributed by atoms with Crippen LogP contribution in [0.4, 0.5) is 0 Å². The standard InChI is InChI=1S/C17H22N4O2/c1-12-10-21(9-8-18-12)17(22)14-11-20(2)19-16(14)13-6-4-5-7-15(13)23-3/h4-7,11-12,18H,8-10H2,1-3H3/t12-/m0/s1. The third-order valence-corrected chi connectivity index (χ3v) is 4.08. The summed E-state index contributed by atoms with van der Waals surface area (Å²) >= 11 is 0. The van der Waals surface area contributed by atoms with Crippen LogP contribution in [-0.4, -0.2) is 53.4 Å². The van der Waals surface area contributed by atoms with Crippen LogP contribution in [0.2, 0.25) is 0 Å². The molecular weight excluding hydrogens is 292 g/mol. The molecule has 0 unspecified atom stereocenters. The predicted molar refractivity (Wildman–Crippen MR) is 88.6 cm³/mol. The van der Waals surface area contributed by atoms with E-state index in [2.05, 4.69) is 17.3 Å². The molecule has 6 heteroatoms. The number of rotatable bonds is 3.